The smallest absolute Gasteiger partial charge is 0.0622 e. The summed E-state index contributed by atoms with van der Waals surface area (Å²) in [5.41, 5.74) is 19.4. The van der Waals surface area contributed by atoms with Crippen molar-refractivity contribution >= 4 is 15.9 Å². The first kappa shape index (κ1) is 29.2. The fourth-order valence-corrected chi connectivity index (χ4v) is 9.30. The average molecular weight is 700 g/mol. The molecule has 0 heterocycles. The highest BCUT2D eigenvalue weighted by molar-refractivity contribution is 9.10. The lowest BCUT2D eigenvalue weighted by Crippen LogP contribution is -2.30. The van der Waals surface area contributed by atoms with E-state index >= 15 is 0 Å². The van der Waals surface area contributed by atoms with Crippen LogP contribution in [-0.4, -0.2) is 0 Å². The summed E-state index contributed by atoms with van der Waals surface area (Å²) in [5.74, 6) is 0. The molecule has 8 aromatic rings. The van der Waals surface area contributed by atoms with E-state index in [-0.39, 0.29) is 0 Å². The fourth-order valence-electron chi connectivity index (χ4n) is 8.72. The predicted molar refractivity (Wildman–Crippen MR) is 212 cm³/mol. The van der Waals surface area contributed by atoms with Crippen molar-refractivity contribution in [1.82, 2.24) is 0 Å². The minimum absolute atomic E-state index is 0.609. The van der Waals surface area contributed by atoms with Gasteiger partial charge in [-0.3, -0.25) is 0 Å². The maximum absolute atomic E-state index is 4.11. The summed E-state index contributed by atoms with van der Waals surface area (Å²) >= 11 is 4.11. The topological polar surface area (TPSA) is 0 Å². The van der Waals surface area contributed by atoms with E-state index in [0.717, 1.165) is 4.47 Å². The van der Waals surface area contributed by atoms with Gasteiger partial charge in [0.2, 0.25) is 0 Å². The van der Waals surface area contributed by atoms with Gasteiger partial charge in [0.05, 0.1) is 5.41 Å². The van der Waals surface area contributed by atoms with Crippen LogP contribution in [-0.2, 0) is 5.41 Å². The molecule has 2 aliphatic carbocycles. The van der Waals surface area contributed by atoms with E-state index in [4.69, 9.17) is 0 Å². The number of halogens is 1. The Balaban J connectivity index is 1.46. The summed E-state index contributed by atoms with van der Waals surface area (Å²) in [6.45, 7) is 0. The molecule has 0 saturated carbocycles. The van der Waals surface area contributed by atoms with Crippen LogP contribution >= 0.6 is 15.9 Å². The number of benzene rings is 8. The second kappa shape index (κ2) is 11.4. The first-order valence-corrected chi connectivity index (χ1v) is 18.0. The van der Waals surface area contributed by atoms with Crippen LogP contribution < -0.4 is 0 Å². The van der Waals surface area contributed by atoms with Crippen LogP contribution in [0.5, 0.6) is 0 Å². The van der Waals surface area contributed by atoms with Crippen LogP contribution in [0.3, 0.4) is 0 Å². The molecule has 0 fully saturated rings. The summed E-state index contributed by atoms with van der Waals surface area (Å²) in [7, 11) is 0. The lowest BCUT2D eigenvalue weighted by molar-refractivity contribution is 0.773. The SMILES string of the molecule is Brc1cccc2c1-c1cc(-c3ccccc3)ccc1C1(c3cc(-c4ccccc4)ccc3-c3ccccc3-2)c2ccccc2-c2ccccc21. The molecule has 0 radical (unpaired) electrons. The molecular formula is C49H31Br. The van der Waals surface area contributed by atoms with E-state index < -0.39 is 5.41 Å². The highest BCUT2D eigenvalue weighted by atomic mass is 79.9. The number of fused-ring (bicyclic) bond motifs is 14. The fraction of sp³-hybridized carbons (Fsp3) is 0.0204. The third-order valence-electron chi connectivity index (χ3n) is 10.8. The molecule has 0 N–H and O–H groups in total. The Morgan fingerprint density at radius 2 is 0.740 bits per heavy atom. The lowest BCUT2D eigenvalue weighted by Gasteiger charge is -2.37. The molecule has 1 heteroatoms. The summed E-state index contributed by atoms with van der Waals surface area (Å²) in [5, 5.41) is 0. The highest BCUT2D eigenvalue weighted by Crippen LogP contribution is 2.61. The second-order valence-corrected chi connectivity index (χ2v) is 14.2. The first-order valence-electron chi connectivity index (χ1n) is 17.2. The van der Waals surface area contributed by atoms with Gasteiger partial charge in [-0.2, -0.15) is 0 Å². The van der Waals surface area contributed by atoms with E-state index in [1.165, 1.54) is 89.0 Å². The van der Waals surface area contributed by atoms with Crippen molar-refractivity contribution in [2.75, 3.05) is 0 Å². The zero-order valence-corrected chi connectivity index (χ0v) is 28.9. The van der Waals surface area contributed by atoms with Gasteiger partial charge in [-0.1, -0.05) is 186 Å². The molecule has 8 aromatic carbocycles. The van der Waals surface area contributed by atoms with Gasteiger partial charge in [0, 0.05) is 10.0 Å². The Bertz CT molecular complexity index is 2550. The molecule has 10 rings (SSSR count). The van der Waals surface area contributed by atoms with Crippen LogP contribution in [0, 0.1) is 0 Å². The number of rotatable bonds is 2. The molecule has 2 aliphatic rings. The largest absolute Gasteiger partial charge is 0.0725 e. The molecule has 0 amide bonds. The number of hydrogen-bond acceptors (Lipinski definition) is 0. The summed E-state index contributed by atoms with van der Waals surface area (Å²) in [6.07, 6.45) is 0. The van der Waals surface area contributed by atoms with Crippen molar-refractivity contribution in [2.24, 2.45) is 0 Å². The molecule has 0 unspecified atom stereocenters. The maximum atomic E-state index is 4.11. The van der Waals surface area contributed by atoms with Crippen LogP contribution in [0.1, 0.15) is 22.3 Å². The second-order valence-electron chi connectivity index (χ2n) is 13.3. The Kier molecular flexibility index (Phi) is 6.66. The first-order chi connectivity index (χ1) is 24.7. The van der Waals surface area contributed by atoms with E-state index in [9.17, 15) is 0 Å². The Morgan fingerprint density at radius 3 is 1.38 bits per heavy atom. The van der Waals surface area contributed by atoms with Gasteiger partial charge in [0.25, 0.3) is 0 Å². The van der Waals surface area contributed by atoms with Gasteiger partial charge in [-0.15, -0.1) is 0 Å². The van der Waals surface area contributed by atoms with Gasteiger partial charge in [0.1, 0.15) is 0 Å². The van der Waals surface area contributed by atoms with Crippen molar-refractivity contribution in [3.05, 3.63) is 215 Å². The molecule has 0 saturated heterocycles. The van der Waals surface area contributed by atoms with Crippen LogP contribution in [0.2, 0.25) is 0 Å². The monoisotopic (exact) mass is 698 g/mol. The highest BCUT2D eigenvalue weighted by Gasteiger charge is 2.49. The van der Waals surface area contributed by atoms with Crippen LogP contribution in [0.15, 0.2) is 193 Å². The standard InChI is InChI=1S/C49H31Br/c50-47-25-13-22-41-37-19-8-7-18-36(37)40-28-26-35(33-16-5-2-6-17-33)31-46(40)49(43-23-11-9-20-38(43)39-21-10-12-24-44(39)49)45-29-27-34(30-42(45)48(41)47)32-14-3-1-4-15-32/h1-31H. The maximum Gasteiger partial charge on any atom is 0.0725 e. The summed E-state index contributed by atoms with van der Waals surface area (Å²) < 4.78 is 1.09. The quantitative estimate of drug-likeness (QED) is 0.169. The minimum Gasteiger partial charge on any atom is -0.0622 e. The van der Waals surface area contributed by atoms with Crippen molar-refractivity contribution < 1.29 is 0 Å². The van der Waals surface area contributed by atoms with Gasteiger partial charge >= 0.3 is 0 Å². The molecule has 0 atom stereocenters. The van der Waals surface area contributed by atoms with Gasteiger partial charge in [-0.05, 0) is 102 Å². The molecule has 0 bridgehead atoms. The lowest BCUT2D eigenvalue weighted by atomic mass is 9.64. The Hall–Kier alpha value is -5.76. The van der Waals surface area contributed by atoms with E-state index in [2.05, 4.69) is 204 Å². The third kappa shape index (κ3) is 4.17. The summed E-state index contributed by atoms with van der Waals surface area (Å²) in [4.78, 5) is 0. The molecule has 0 aliphatic heterocycles. The normalized spacial score (nSPS) is 13.1. The third-order valence-corrected chi connectivity index (χ3v) is 11.5. The molecule has 50 heavy (non-hydrogen) atoms. The Morgan fingerprint density at radius 1 is 0.280 bits per heavy atom. The summed E-state index contributed by atoms with van der Waals surface area (Å²) in [6, 6.07) is 69.8. The van der Waals surface area contributed by atoms with E-state index in [1.54, 1.807) is 0 Å². The molecule has 0 aromatic heterocycles. The van der Waals surface area contributed by atoms with Crippen LogP contribution in [0.25, 0.3) is 66.8 Å². The van der Waals surface area contributed by atoms with Gasteiger partial charge < -0.3 is 0 Å². The van der Waals surface area contributed by atoms with Crippen molar-refractivity contribution in [1.29, 1.82) is 0 Å². The average Bonchev–Trinajstić information content (AvgIpc) is 3.50. The molecule has 0 nitrogen and oxygen atoms in total. The predicted octanol–water partition coefficient (Wildman–Crippen LogP) is 13.5. The van der Waals surface area contributed by atoms with Crippen LogP contribution in [0.4, 0.5) is 0 Å². The van der Waals surface area contributed by atoms with Crippen molar-refractivity contribution in [3.63, 3.8) is 0 Å². The Labute approximate surface area is 301 Å². The zero-order valence-electron chi connectivity index (χ0n) is 27.3. The van der Waals surface area contributed by atoms with Gasteiger partial charge in [0.15, 0.2) is 0 Å². The van der Waals surface area contributed by atoms with Crippen molar-refractivity contribution in [3.8, 4) is 66.8 Å². The molecule has 1 spiro atoms. The van der Waals surface area contributed by atoms with E-state index in [0.29, 0.717) is 0 Å². The van der Waals surface area contributed by atoms with E-state index in [1.807, 2.05) is 0 Å². The minimum atomic E-state index is -0.609. The van der Waals surface area contributed by atoms with Crippen molar-refractivity contribution in [2.45, 2.75) is 5.41 Å². The number of hydrogen-bond donors (Lipinski definition) is 0. The zero-order chi connectivity index (χ0) is 33.2. The van der Waals surface area contributed by atoms with Gasteiger partial charge in [-0.25, -0.2) is 0 Å². The molecule has 234 valence electrons. The molecular weight excluding hydrogens is 668 g/mol.